The van der Waals surface area contributed by atoms with Gasteiger partial charge in [0.2, 0.25) is 0 Å². The van der Waals surface area contributed by atoms with Crippen molar-refractivity contribution in [3.8, 4) is 0 Å². The number of benzene rings is 1. The van der Waals surface area contributed by atoms with Crippen molar-refractivity contribution in [2.45, 2.75) is 6.54 Å². The summed E-state index contributed by atoms with van der Waals surface area (Å²) in [5, 5.41) is 0. The lowest BCUT2D eigenvalue weighted by Crippen LogP contribution is -1.96. The predicted molar refractivity (Wildman–Crippen MR) is 45.7 cm³/mol. The molecule has 3 heteroatoms. The molecule has 0 atom stereocenters. The van der Waals surface area contributed by atoms with E-state index in [2.05, 4.69) is 4.98 Å². The number of aromatic nitrogens is 2. The van der Waals surface area contributed by atoms with Crippen LogP contribution in [0.4, 0.5) is 4.39 Å². The Labute approximate surface area is 69.6 Å². The fourth-order valence-corrected chi connectivity index (χ4v) is 1.28. The number of para-hydroxylation sites is 2. The van der Waals surface area contributed by atoms with Gasteiger partial charge < -0.3 is 4.57 Å². The molecule has 62 valence electrons. The first-order chi connectivity index (χ1) is 5.92. The summed E-state index contributed by atoms with van der Waals surface area (Å²) in [6.45, 7) is 0.0425. The van der Waals surface area contributed by atoms with Gasteiger partial charge in [0.25, 0.3) is 0 Å². The number of hydrogen-bond donors (Lipinski definition) is 0. The molecule has 2 rings (SSSR count). The highest BCUT2D eigenvalue weighted by molar-refractivity contribution is 5.74. The SMILES string of the molecule is FCCn1cnc2ccccc21. The van der Waals surface area contributed by atoms with Crippen LogP contribution >= 0.6 is 0 Å². The molecule has 0 unspecified atom stereocenters. The van der Waals surface area contributed by atoms with Gasteiger partial charge in [-0.2, -0.15) is 0 Å². The average Bonchev–Trinajstić information content (AvgIpc) is 2.50. The summed E-state index contributed by atoms with van der Waals surface area (Å²) in [6.07, 6.45) is 1.67. The summed E-state index contributed by atoms with van der Waals surface area (Å²) >= 11 is 0. The normalized spacial score (nSPS) is 10.8. The summed E-state index contributed by atoms with van der Waals surface area (Å²) in [5.74, 6) is 0. The molecule has 0 spiro atoms. The Morgan fingerprint density at radius 3 is 3.00 bits per heavy atom. The van der Waals surface area contributed by atoms with E-state index in [1.807, 2.05) is 28.8 Å². The fourth-order valence-electron chi connectivity index (χ4n) is 1.28. The molecule has 0 bridgehead atoms. The Morgan fingerprint density at radius 2 is 2.17 bits per heavy atom. The largest absolute Gasteiger partial charge is 0.328 e. The van der Waals surface area contributed by atoms with Crippen molar-refractivity contribution in [3.05, 3.63) is 30.6 Å². The van der Waals surface area contributed by atoms with Gasteiger partial charge in [0.15, 0.2) is 0 Å². The molecule has 1 aromatic heterocycles. The van der Waals surface area contributed by atoms with Crippen LogP contribution in [0.5, 0.6) is 0 Å². The predicted octanol–water partition coefficient (Wildman–Crippen LogP) is 2.01. The Morgan fingerprint density at radius 1 is 1.33 bits per heavy atom. The molecule has 0 fully saturated rings. The number of imidazole rings is 1. The van der Waals surface area contributed by atoms with Crippen LogP contribution in [0.3, 0.4) is 0 Å². The van der Waals surface area contributed by atoms with Crippen LogP contribution in [0.1, 0.15) is 0 Å². The molecule has 0 amide bonds. The Hall–Kier alpha value is -1.38. The topological polar surface area (TPSA) is 17.8 Å². The second-order valence-corrected chi connectivity index (χ2v) is 2.62. The Kier molecular flexibility index (Phi) is 1.78. The molecule has 12 heavy (non-hydrogen) atoms. The van der Waals surface area contributed by atoms with Gasteiger partial charge >= 0.3 is 0 Å². The molecule has 0 aliphatic heterocycles. The minimum absolute atomic E-state index is 0.347. The lowest BCUT2D eigenvalue weighted by Gasteiger charge is -1.97. The van der Waals surface area contributed by atoms with E-state index in [0.29, 0.717) is 6.54 Å². The van der Waals surface area contributed by atoms with E-state index in [1.54, 1.807) is 6.33 Å². The summed E-state index contributed by atoms with van der Waals surface area (Å²) in [5.41, 5.74) is 1.92. The van der Waals surface area contributed by atoms with Crippen LogP contribution in [-0.4, -0.2) is 16.2 Å². The maximum Gasteiger partial charge on any atom is 0.107 e. The molecule has 0 aliphatic carbocycles. The van der Waals surface area contributed by atoms with Crippen molar-refractivity contribution in [3.63, 3.8) is 0 Å². The minimum Gasteiger partial charge on any atom is -0.328 e. The Bertz CT molecular complexity index is 381. The molecule has 0 radical (unpaired) electrons. The highest BCUT2D eigenvalue weighted by Gasteiger charge is 1.99. The van der Waals surface area contributed by atoms with Gasteiger partial charge in [-0.15, -0.1) is 0 Å². The second-order valence-electron chi connectivity index (χ2n) is 2.62. The average molecular weight is 164 g/mol. The molecule has 1 heterocycles. The van der Waals surface area contributed by atoms with E-state index >= 15 is 0 Å². The molecule has 0 N–H and O–H groups in total. The summed E-state index contributed by atoms with van der Waals surface area (Å²) in [6, 6.07) is 7.72. The third-order valence-corrected chi connectivity index (χ3v) is 1.85. The van der Waals surface area contributed by atoms with Crippen LogP contribution in [0.25, 0.3) is 11.0 Å². The number of fused-ring (bicyclic) bond motifs is 1. The molecular weight excluding hydrogens is 155 g/mol. The molecule has 1 aromatic carbocycles. The number of hydrogen-bond acceptors (Lipinski definition) is 1. The number of halogens is 1. The van der Waals surface area contributed by atoms with Crippen molar-refractivity contribution in [1.29, 1.82) is 0 Å². The van der Waals surface area contributed by atoms with E-state index in [9.17, 15) is 4.39 Å². The first kappa shape index (κ1) is 7.28. The zero-order valence-electron chi connectivity index (χ0n) is 6.57. The van der Waals surface area contributed by atoms with Gasteiger partial charge in [-0.05, 0) is 12.1 Å². The number of rotatable bonds is 2. The maximum absolute atomic E-state index is 12.0. The highest BCUT2D eigenvalue weighted by Crippen LogP contribution is 2.10. The van der Waals surface area contributed by atoms with Crippen molar-refractivity contribution in [1.82, 2.24) is 9.55 Å². The summed E-state index contributed by atoms with van der Waals surface area (Å²) in [4.78, 5) is 4.13. The van der Waals surface area contributed by atoms with Gasteiger partial charge in [0, 0.05) is 0 Å². The third-order valence-electron chi connectivity index (χ3n) is 1.85. The first-order valence-corrected chi connectivity index (χ1v) is 3.87. The van der Waals surface area contributed by atoms with Crippen LogP contribution < -0.4 is 0 Å². The van der Waals surface area contributed by atoms with E-state index in [1.165, 1.54) is 0 Å². The molecule has 2 aromatic rings. The van der Waals surface area contributed by atoms with Gasteiger partial charge in [-0.25, -0.2) is 9.37 Å². The summed E-state index contributed by atoms with van der Waals surface area (Å²) < 4.78 is 13.9. The molecule has 0 saturated carbocycles. The van der Waals surface area contributed by atoms with Crippen molar-refractivity contribution in [2.75, 3.05) is 6.67 Å². The smallest absolute Gasteiger partial charge is 0.107 e. The first-order valence-electron chi connectivity index (χ1n) is 3.87. The van der Waals surface area contributed by atoms with Crippen LogP contribution in [0, 0.1) is 0 Å². The van der Waals surface area contributed by atoms with Gasteiger partial charge in [-0.3, -0.25) is 0 Å². The van der Waals surface area contributed by atoms with Gasteiger partial charge in [-0.1, -0.05) is 12.1 Å². The van der Waals surface area contributed by atoms with Crippen LogP contribution in [0.2, 0.25) is 0 Å². The molecule has 0 aliphatic rings. The number of aryl methyl sites for hydroxylation is 1. The summed E-state index contributed by atoms with van der Waals surface area (Å²) in [7, 11) is 0. The minimum atomic E-state index is -0.347. The van der Waals surface area contributed by atoms with E-state index < -0.39 is 0 Å². The van der Waals surface area contributed by atoms with Crippen LogP contribution in [0.15, 0.2) is 30.6 Å². The zero-order chi connectivity index (χ0) is 8.39. The van der Waals surface area contributed by atoms with E-state index in [4.69, 9.17) is 0 Å². The van der Waals surface area contributed by atoms with Crippen molar-refractivity contribution < 1.29 is 4.39 Å². The number of nitrogens with zero attached hydrogens (tertiary/aromatic N) is 2. The second kappa shape index (κ2) is 2.93. The van der Waals surface area contributed by atoms with Gasteiger partial charge in [0.05, 0.1) is 23.9 Å². The van der Waals surface area contributed by atoms with Crippen molar-refractivity contribution >= 4 is 11.0 Å². The number of alkyl halides is 1. The van der Waals surface area contributed by atoms with Crippen molar-refractivity contribution in [2.24, 2.45) is 0 Å². The molecule has 2 nitrogen and oxygen atoms in total. The Balaban J connectivity index is 2.55. The zero-order valence-corrected chi connectivity index (χ0v) is 6.57. The van der Waals surface area contributed by atoms with Gasteiger partial charge in [0.1, 0.15) is 6.67 Å². The lowest BCUT2D eigenvalue weighted by molar-refractivity contribution is 0.450. The van der Waals surface area contributed by atoms with E-state index in [0.717, 1.165) is 11.0 Å². The lowest BCUT2D eigenvalue weighted by atomic mass is 10.3. The fraction of sp³-hybridized carbons (Fsp3) is 0.222. The molecule has 0 saturated heterocycles. The maximum atomic E-state index is 12.0. The standard InChI is InChI=1S/C9H9FN2/c10-5-6-12-7-11-8-3-1-2-4-9(8)12/h1-4,7H,5-6H2. The quantitative estimate of drug-likeness (QED) is 0.663. The van der Waals surface area contributed by atoms with Crippen LogP contribution in [-0.2, 0) is 6.54 Å². The highest BCUT2D eigenvalue weighted by atomic mass is 19.1. The molecular formula is C9H9FN2. The van der Waals surface area contributed by atoms with E-state index in [-0.39, 0.29) is 6.67 Å². The monoisotopic (exact) mass is 164 g/mol. The third kappa shape index (κ3) is 1.07.